The van der Waals surface area contributed by atoms with Crippen molar-refractivity contribution in [1.29, 1.82) is 0 Å². The lowest BCUT2D eigenvalue weighted by Crippen LogP contribution is -2.38. The second-order valence-corrected chi connectivity index (χ2v) is 5.53. The van der Waals surface area contributed by atoms with E-state index >= 15 is 0 Å². The molecule has 0 bridgehead atoms. The van der Waals surface area contributed by atoms with Crippen molar-refractivity contribution >= 4 is 10.0 Å². The summed E-state index contributed by atoms with van der Waals surface area (Å²) >= 11 is 0. The van der Waals surface area contributed by atoms with Crippen LogP contribution in [0.15, 0.2) is 35.2 Å². The Kier molecular flexibility index (Phi) is 4.92. The van der Waals surface area contributed by atoms with E-state index in [0.717, 1.165) is 23.7 Å². The molecule has 1 aromatic carbocycles. The van der Waals surface area contributed by atoms with Gasteiger partial charge in [-0.2, -0.15) is 0 Å². The third kappa shape index (κ3) is 3.30. The van der Waals surface area contributed by atoms with Gasteiger partial charge in [0.05, 0.1) is 4.90 Å². The van der Waals surface area contributed by atoms with Gasteiger partial charge in [0.25, 0.3) is 10.0 Å². The quantitative estimate of drug-likeness (QED) is 0.469. The van der Waals surface area contributed by atoms with E-state index in [2.05, 4.69) is 6.92 Å². The molecule has 0 aliphatic heterocycles. The van der Waals surface area contributed by atoms with E-state index in [-0.39, 0.29) is 4.90 Å². The Hall–Kier alpha value is -0.910. The van der Waals surface area contributed by atoms with Crippen molar-refractivity contribution in [3.8, 4) is 0 Å². The number of sulfonamides is 1. The maximum absolute atomic E-state index is 11.9. The Balaban J connectivity index is 2.71. The molecule has 90 valence electrons. The highest BCUT2D eigenvalue weighted by Crippen LogP contribution is 2.12. The van der Waals surface area contributed by atoms with Crippen molar-refractivity contribution in [2.24, 2.45) is 5.84 Å². The third-order valence-electron chi connectivity index (χ3n) is 2.33. The Labute approximate surface area is 97.1 Å². The molecular weight excluding hydrogens is 224 g/mol. The lowest BCUT2D eigenvalue weighted by Gasteiger charge is -2.16. The van der Waals surface area contributed by atoms with Gasteiger partial charge in [0, 0.05) is 6.54 Å². The maximum atomic E-state index is 11.9. The normalized spacial score (nSPS) is 11.9. The first-order valence-electron chi connectivity index (χ1n) is 5.41. The smallest absolute Gasteiger partial charge is 0.255 e. The highest BCUT2D eigenvalue weighted by molar-refractivity contribution is 7.89. The van der Waals surface area contributed by atoms with Gasteiger partial charge in [0.1, 0.15) is 0 Å². The summed E-state index contributed by atoms with van der Waals surface area (Å²) in [4.78, 5) is 0.244. The van der Waals surface area contributed by atoms with Crippen LogP contribution in [0, 0.1) is 0 Å². The number of hydrazine groups is 1. The van der Waals surface area contributed by atoms with Crippen LogP contribution in [0.1, 0.15) is 26.2 Å². The number of benzene rings is 1. The molecule has 0 saturated carbocycles. The molecule has 2 N–H and O–H groups in total. The van der Waals surface area contributed by atoms with Crippen molar-refractivity contribution in [1.82, 2.24) is 4.41 Å². The number of hydrogen-bond donors (Lipinski definition) is 1. The van der Waals surface area contributed by atoms with E-state index in [1.165, 1.54) is 0 Å². The zero-order valence-corrected chi connectivity index (χ0v) is 10.3. The van der Waals surface area contributed by atoms with E-state index in [1.54, 1.807) is 30.3 Å². The van der Waals surface area contributed by atoms with Crippen LogP contribution in [0.4, 0.5) is 0 Å². The molecule has 0 aliphatic rings. The van der Waals surface area contributed by atoms with Gasteiger partial charge in [-0.15, -0.1) is 4.41 Å². The van der Waals surface area contributed by atoms with Crippen LogP contribution in [-0.4, -0.2) is 19.4 Å². The van der Waals surface area contributed by atoms with E-state index in [4.69, 9.17) is 5.84 Å². The molecule has 0 aromatic heterocycles. The fourth-order valence-electron chi connectivity index (χ4n) is 1.37. The Morgan fingerprint density at radius 1 is 1.19 bits per heavy atom. The first kappa shape index (κ1) is 13.2. The van der Waals surface area contributed by atoms with E-state index < -0.39 is 10.0 Å². The van der Waals surface area contributed by atoms with Crippen LogP contribution < -0.4 is 5.84 Å². The van der Waals surface area contributed by atoms with Crippen LogP contribution in [0.25, 0.3) is 0 Å². The van der Waals surface area contributed by atoms with Gasteiger partial charge in [0.15, 0.2) is 0 Å². The molecule has 0 radical (unpaired) electrons. The fourth-order valence-corrected chi connectivity index (χ4v) is 2.51. The van der Waals surface area contributed by atoms with E-state index in [1.807, 2.05) is 0 Å². The second-order valence-electron chi connectivity index (χ2n) is 3.64. The molecule has 0 amide bonds. The van der Waals surface area contributed by atoms with Gasteiger partial charge in [-0.1, -0.05) is 38.0 Å². The molecular formula is C11H18N2O2S. The molecule has 0 fully saturated rings. The number of rotatable bonds is 6. The molecule has 0 spiro atoms. The Bertz CT molecular complexity index is 403. The molecule has 16 heavy (non-hydrogen) atoms. The predicted octanol–water partition coefficient (Wildman–Crippen LogP) is 1.74. The number of unbranched alkanes of at least 4 members (excludes halogenated alkanes) is 2. The van der Waals surface area contributed by atoms with Crippen molar-refractivity contribution in [2.75, 3.05) is 6.54 Å². The van der Waals surface area contributed by atoms with Crippen LogP contribution in [0.3, 0.4) is 0 Å². The largest absolute Gasteiger partial charge is 0.255 e. The zero-order chi connectivity index (χ0) is 12.0. The average molecular weight is 242 g/mol. The summed E-state index contributed by atoms with van der Waals surface area (Å²) < 4.78 is 24.8. The second kappa shape index (κ2) is 5.98. The summed E-state index contributed by atoms with van der Waals surface area (Å²) in [6.07, 6.45) is 2.82. The lowest BCUT2D eigenvalue weighted by atomic mass is 10.3. The summed E-state index contributed by atoms with van der Waals surface area (Å²) in [6.45, 7) is 2.43. The van der Waals surface area contributed by atoms with Gasteiger partial charge < -0.3 is 0 Å². The SMILES string of the molecule is CCCCCN(N)S(=O)(=O)c1ccccc1. The average Bonchev–Trinajstić information content (AvgIpc) is 2.30. The number of nitrogens with zero attached hydrogens (tertiary/aromatic N) is 1. The van der Waals surface area contributed by atoms with Crippen LogP contribution in [-0.2, 0) is 10.0 Å². The van der Waals surface area contributed by atoms with Crippen LogP contribution in [0.2, 0.25) is 0 Å². The number of nitrogens with two attached hydrogens (primary N) is 1. The van der Waals surface area contributed by atoms with Crippen molar-refractivity contribution in [2.45, 2.75) is 31.1 Å². The predicted molar refractivity (Wildman–Crippen MR) is 64.0 cm³/mol. The third-order valence-corrected chi connectivity index (χ3v) is 4.00. The highest BCUT2D eigenvalue weighted by Gasteiger charge is 2.20. The standard InChI is InChI=1S/C11H18N2O2S/c1-2-3-7-10-13(12)16(14,15)11-8-5-4-6-9-11/h4-6,8-9H,2-3,7,10,12H2,1H3. The molecule has 1 rings (SSSR count). The van der Waals surface area contributed by atoms with Gasteiger partial charge >= 0.3 is 0 Å². The van der Waals surface area contributed by atoms with Crippen LogP contribution in [0.5, 0.6) is 0 Å². The maximum Gasteiger partial charge on any atom is 0.255 e. The van der Waals surface area contributed by atoms with Crippen LogP contribution >= 0.6 is 0 Å². The minimum atomic E-state index is -3.51. The number of hydrogen-bond acceptors (Lipinski definition) is 3. The Morgan fingerprint density at radius 2 is 1.81 bits per heavy atom. The van der Waals surface area contributed by atoms with Crippen molar-refractivity contribution in [3.63, 3.8) is 0 Å². The lowest BCUT2D eigenvalue weighted by molar-refractivity contribution is 0.413. The fraction of sp³-hybridized carbons (Fsp3) is 0.455. The first-order chi connectivity index (χ1) is 7.59. The minimum absolute atomic E-state index is 0.244. The first-order valence-corrected chi connectivity index (χ1v) is 6.85. The van der Waals surface area contributed by atoms with Crippen molar-refractivity contribution in [3.05, 3.63) is 30.3 Å². The van der Waals surface area contributed by atoms with Crippen molar-refractivity contribution < 1.29 is 8.42 Å². The van der Waals surface area contributed by atoms with Gasteiger partial charge in [-0.05, 0) is 18.6 Å². The Morgan fingerprint density at radius 3 is 2.38 bits per heavy atom. The molecule has 0 saturated heterocycles. The zero-order valence-electron chi connectivity index (χ0n) is 9.46. The topological polar surface area (TPSA) is 63.4 Å². The molecule has 0 aliphatic carbocycles. The van der Waals surface area contributed by atoms with E-state index in [9.17, 15) is 8.42 Å². The summed E-state index contributed by atoms with van der Waals surface area (Å²) in [5.41, 5.74) is 0. The van der Waals surface area contributed by atoms with Gasteiger partial charge in [-0.25, -0.2) is 8.42 Å². The molecule has 4 nitrogen and oxygen atoms in total. The summed E-state index contributed by atoms with van der Waals surface area (Å²) in [5.74, 6) is 5.57. The monoisotopic (exact) mass is 242 g/mol. The minimum Gasteiger partial charge on any atom is -0.255 e. The van der Waals surface area contributed by atoms with Gasteiger partial charge in [0.2, 0.25) is 0 Å². The van der Waals surface area contributed by atoms with E-state index in [0.29, 0.717) is 6.54 Å². The molecule has 0 atom stereocenters. The molecule has 0 unspecified atom stereocenters. The van der Waals surface area contributed by atoms with Gasteiger partial charge in [-0.3, -0.25) is 5.84 Å². The highest BCUT2D eigenvalue weighted by atomic mass is 32.2. The summed E-state index contributed by atoms with van der Waals surface area (Å²) in [7, 11) is -3.51. The summed E-state index contributed by atoms with van der Waals surface area (Å²) in [5, 5.41) is 0. The molecule has 0 heterocycles. The summed E-state index contributed by atoms with van der Waals surface area (Å²) in [6, 6.07) is 8.25. The molecule has 5 heteroatoms. The molecule has 1 aromatic rings.